The van der Waals surface area contributed by atoms with E-state index in [0.29, 0.717) is 11.5 Å². The summed E-state index contributed by atoms with van der Waals surface area (Å²) < 4.78 is 10.9. The van der Waals surface area contributed by atoms with E-state index in [4.69, 9.17) is 9.47 Å². The molecule has 2 N–H and O–H groups in total. The molecule has 6 nitrogen and oxygen atoms in total. The molecule has 0 radical (unpaired) electrons. The lowest BCUT2D eigenvalue weighted by molar-refractivity contribution is -0.131. The fourth-order valence-corrected chi connectivity index (χ4v) is 2.32. The van der Waals surface area contributed by atoms with E-state index in [9.17, 15) is 9.59 Å². The SMILES string of the molecule is Cc1ccc(OCC(=O)NNC(=O)COc2cc(C)ccc2C)c(C)c1. The second-order valence-electron chi connectivity index (χ2n) is 6.21. The van der Waals surface area contributed by atoms with Crippen molar-refractivity contribution < 1.29 is 19.1 Å². The van der Waals surface area contributed by atoms with Gasteiger partial charge in [-0.1, -0.05) is 29.8 Å². The summed E-state index contributed by atoms with van der Waals surface area (Å²) >= 11 is 0. The van der Waals surface area contributed by atoms with Crippen LogP contribution < -0.4 is 20.3 Å². The average molecular weight is 356 g/mol. The molecule has 6 heteroatoms. The first-order valence-electron chi connectivity index (χ1n) is 8.33. The van der Waals surface area contributed by atoms with Crippen molar-refractivity contribution in [1.29, 1.82) is 0 Å². The molecule has 0 saturated carbocycles. The van der Waals surface area contributed by atoms with Gasteiger partial charge < -0.3 is 9.47 Å². The number of carbonyl (C=O) groups excluding carboxylic acids is 2. The van der Waals surface area contributed by atoms with Crippen LogP contribution in [0.5, 0.6) is 11.5 Å². The first-order chi connectivity index (χ1) is 12.3. The van der Waals surface area contributed by atoms with E-state index < -0.39 is 11.8 Å². The molecule has 2 amide bonds. The number of carbonyl (C=O) groups is 2. The Morgan fingerprint density at radius 2 is 1.27 bits per heavy atom. The van der Waals surface area contributed by atoms with Gasteiger partial charge in [-0.3, -0.25) is 20.4 Å². The Bertz CT molecular complexity index is 802. The second kappa shape index (κ2) is 8.89. The van der Waals surface area contributed by atoms with Crippen LogP contribution in [0.25, 0.3) is 0 Å². The van der Waals surface area contributed by atoms with Crippen LogP contribution in [0, 0.1) is 27.7 Å². The number of hydrogen-bond donors (Lipinski definition) is 2. The summed E-state index contributed by atoms with van der Waals surface area (Å²) in [6, 6.07) is 11.5. The lowest BCUT2D eigenvalue weighted by Crippen LogP contribution is -2.45. The molecule has 138 valence electrons. The fraction of sp³-hybridized carbons (Fsp3) is 0.300. The topological polar surface area (TPSA) is 76.7 Å². The van der Waals surface area contributed by atoms with E-state index in [-0.39, 0.29) is 13.2 Å². The quantitative estimate of drug-likeness (QED) is 0.780. The Balaban J connectivity index is 1.73. The number of amides is 2. The van der Waals surface area contributed by atoms with Gasteiger partial charge in [0.2, 0.25) is 0 Å². The number of aryl methyl sites for hydroxylation is 4. The average Bonchev–Trinajstić information content (AvgIpc) is 2.60. The zero-order valence-corrected chi connectivity index (χ0v) is 15.5. The van der Waals surface area contributed by atoms with Crippen LogP contribution in [-0.2, 0) is 9.59 Å². The van der Waals surface area contributed by atoms with Crippen molar-refractivity contribution in [2.24, 2.45) is 0 Å². The number of hydrazine groups is 1. The largest absolute Gasteiger partial charge is 0.483 e. The zero-order chi connectivity index (χ0) is 19.1. The Morgan fingerprint density at radius 3 is 1.88 bits per heavy atom. The van der Waals surface area contributed by atoms with Crippen molar-refractivity contribution >= 4 is 11.8 Å². The van der Waals surface area contributed by atoms with Crippen LogP contribution in [-0.4, -0.2) is 25.0 Å². The smallest absolute Gasteiger partial charge is 0.276 e. The van der Waals surface area contributed by atoms with E-state index in [2.05, 4.69) is 10.9 Å². The maximum atomic E-state index is 11.8. The summed E-state index contributed by atoms with van der Waals surface area (Å²) in [5.41, 5.74) is 8.66. The van der Waals surface area contributed by atoms with Crippen LogP contribution in [0.3, 0.4) is 0 Å². The summed E-state index contributed by atoms with van der Waals surface area (Å²) in [5.74, 6) is 0.371. The van der Waals surface area contributed by atoms with Crippen molar-refractivity contribution in [3.63, 3.8) is 0 Å². The maximum absolute atomic E-state index is 11.8. The van der Waals surface area contributed by atoms with Gasteiger partial charge in [-0.2, -0.15) is 0 Å². The normalized spacial score (nSPS) is 10.2. The first-order valence-corrected chi connectivity index (χ1v) is 8.33. The van der Waals surface area contributed by atoms with Crippen LogP contribution in [0.4, 0.5) is 0 Å². The molecule has 0 saturated heterocycles. The molecule has 0 heterocycles. The highest BCUT2D eigenvalue weighted by molar-refractivity contribution is 5.83. The third kappa shape index (κ3) is 5.81. The van der Waals surface area contributed by atoms with Gasteiger partial charge in [0, 0.05) is 0 Å². The number of nitrogens with one attached hydrogen (secondary N) is 2. The molecular formula is C20H24N2O4. The van der Waals surface area contributed by atoms with Gasteiger partial charge in [-0.25, -0.2) is 0 Å². The van der Waals surface area contributed by atoms with Crippen molar-refractivity contribution in [3.8, 4) is 11.5 Å². The molecule has 0 unspecified atom stereocenters. The summed E-state index contributed by atoms with van der Waals surface area (Å²) in [7, 11) is 0. The second-order valence-corrected chi connectivity index (χ2v) is 6.21. The van der Waals surface area contributed by atoms with E-state index in [0.717, 1.165) is 22.3 Å². The lowest BCUT2D eigenvalue weighted by Gasteiger charge is -2.12. The number of benzene rings is 2. The minimum absolute atomic E-state index is 0.192. The Kier molecular flexibility index (Phi) is 6.60. The van der Waals surface area contributed by atoms with Gasteiger partial charge in [-0.05, 0) is 56.5 Å². The Hall–Kier alpha value is -3.02. The number of hydrogen-bond acceptors (Lipinski definition) is 4. The molecule has 0 aliphatic heterocycles. The maximum Gasteiger partial charge on any atom is 0.276 e. The predicted molar refractivity (Wildman–Crippen MR) is 99.1 cm³/mol. The Morgan fingerprint density at radius 1 is 0.731 bits per heavy atom. The third-order valence-corrected chi connectivity index (χ3v) is 3.73. The van der Waals surface area contributed by atoms with Gasteiger partial charge in [-0.15, -0.1) is 0 Å². The summed E-state index contributed by atoms with van der Waals surface area (Å²) in [6.07, 6.45) is 0. The highest BCUT2D eigenvalue weighted by Crippen LogP contribution is 2.19. The van der Waals surface area contributed by atoms with Crippen LogP contribution in [0.15, 0.2) is 36.4 Å². The van der Waals surface area contributed by atoms with Crippen molar-refractivity contribution in [2.75, 3.05) is 13.2 Å². The highest BCUT2D eigenvalue weighted by Gasteiger charge is 2.08. The van der Waals surface area contributed by atoms with E-state index in [1.54, 1.807) is 0 Å². The molecule has 2 aromatic rings. The van der Waals surface area contributed by atoms with Gasteiger partial charge in [0.25, 0.3) is 11.8 Å². The summed E-state index contributed by atoms with van der Waals surface area (Å²) in [4.78, 5) is 23.6. The fourth-order valence-electron chi connectivity index (χ4n) is 2.32. The van der Waals surface area contributed by atoms with Crippen LogP contribution in [0.1, 0.15) is 22.3 Å². The zero-order valence-electron chi connectivity index (χ0n) is 15.5. The van der Waals surface area contributed by atoms with E-state index >= 15 is 0 Å². The molecule has 0 aliphatic rings. The number of rotatable bonds is 6. The molecule has 2 rings (SSSR count). The van der Waals surface area contributed by atoms with E-state index in [1.807, 2.05) is 64.1 Å². The summed E-state index contributed by atoms with van der Waals surface area (Å²) in [6.45, 7) is 7.36. The van der Waals surface area contributed by atoms with Gasteiger partial charge in [0.1, 0.15) is 11.5 Å². The van der Waals surface area contributed by atoms with Crippen molar-refractivity contribution in [3.05, 3.63) is 58.7 Å². The summed E-state index contributed by atoms with van der Waals surface area (Å²) in [5, 5.41) is 0. The van der Waals surface area contributed by atoms with E-state index in [1.165, 1.54) is 0 Å². The van der Waals surface area contributed by atoms with Crippen LogP contribution >= 0.6 is 0 Å². The standard InChI is InChI=1S/C20H24N2O4/c1-13-6-8-17(16(4)9-13)25-11-19(23)21-22-20(24)12-26-18-10-14(2)5-7-15(18)3/h5-10H,11-12H2,1-4H3,(H,21,23)(H,22,24). The highest BCUT2D eigenvalue weighted by atomic mass is 16.5. The molecule has 0 aliphatic carbocycles. The van der Waals surface area contributed by atoms with Gasteiger partial charge in [0.05, 0.1) is 0 Å². The van der Waals surface area contributed by atoms with Crippen molar-refractivity contribution in [2.45, 2.75) is 27.7 Å². The minimum Gasteiger partial charge on any atom is -0.483 e. The first kappa shape index (κ1) is 19.3. The lowest BCUT2D eigenvalue weighted by atomic mass is 10.1. The molecular weight excluding hydrogens is 332 g/mol. The molecule has 0 atom stereocenters. The molecule has 26 heavy (non-hydrogen) atoms. The monoisotopic (exact) mass is 356 g/mol. The molecule has 0 fully saturated rings. The molecule has 0 spiro atoms. The number of ether oxygens (including phenoxy) is 2. The minimum atomic E-state index is -0.454. The molecule has 0 bridgehead atoms. The van der Waals surface area contributed by atoms with Gasteiger partial charge in [0.15, 0.2) is 13.2 Å². The van der Waals surface area contributed by atoms with Crippen LogP contribution in [0.2, 0.25) is 0 Å². The predicted octanol–water partition coefficient (Wildman–Crippen LogP) is 2.53. The van der Waals surface area contributed by atoms with Crippen molar-refractivity contribution in [1.82, 2.24) is 10.9 Å². The van der Waals surface area contributed by atoms with Gasteiger partial charge >= 0.3 is 0 Å². The molecule has 0 aromatic heterocycles. The molecule has 2 aromatic carbocycles. The Labute approximate surface area is 153 Å². The third-order valence-electron chi connectivity index (χ3n) is 3.73.